The molecule has 1 aliphatic heterocycles. The Balaban J connectivity index is 1.78. The molecule has 6 N–H and O–H groups in total. The molecule has 39 heavy (non-hydrogen) atoms. The average molecular weight is 539 g/mol. The van der Waals surface area contributed by atoms with E-state index in [1.807, 2.05) is 19.9 Å². The van der Waals surface area contributed by atoms with Crippen molar-refractivity contribution in [3.63, 3.8) is 0 Å². The Morgan fingerprint density at radius 2 is 1.59 bits per heavy atom. The number of benzene rings is 2. The zero-order chi connectivity index (χ0) is 28.5. The summed E-state index contributed by atoms with van der Waals surface area (Å²) in [4.78, 5) is 53.3. The predicted octanol–water partition coefficient (Wildman–Crippen LogP) is 1.60. The molecule has 210 valence electrons. The summed E-state index contributed by atoms with van der Waals surface area (Å²) in [6.45, 7) is 4.23. The molecule has 0 saturated carbocycles. The zero-order valence-corrected chi connectivity index (χ0v) is 22.4. The fourth-order valence-corrected chi connectivity index (χ4v) is 4.66. The molecule has 5 unspecified atom stereocenters. The Labute approximate surface area is 228 Å². The van der Waals surface area contributed by atoms with Gasteiger partial charge in [0.05, 0.1) is 6.04 Å². The summed E-state index contributed by atoms with van der Waals surface area (Å²) in [5.74, 6) is -2.65. The van der Waals surface area contributed by atoms with Crippen LogP contribution in [0.1, 0.15) is 44.2 Å². The van der Waals surface area contributed by atoms with Crippen LogP contribution in [-0.2, 0) is 32.0 Å². The molecular formula is C29H38N4O6. The molecule has 0 aromatic heterocycles. The van der Waals surface area contributed by atoms with Crippen LogP contribution < -0.4 is 16.4 Å². The van der Waals surface area contributed by atoms with Gasteiger partial charge in [0.25, 0.3) is 0 Å². The number of likely N-dealkylation sites (tertiary alicyclic amines) is 1. The van der Waals surface area contributed by atoms with Gasteiger partial charge in [-0.25, -0.2) is 4.79 Å². The number of nitrogens with two attached hydrogens (primary N) is 1. The number of hydrogen-bond acceptors (Lipinski definition) is 6. The Morgan fingerprint density at radius 1 is 0.974 bits per heavy atom. The number of hydrogen-bond donors (Lipinski definition) is 5. The highest BCUT2D eigenvalue weighted by Gasteiger charge is 2.38. The number of aromatic hydroxyl groups is 1. The summed E-state index contributed by atoms with van der Waals surface area (Å²) in [7, 11) is 0. The molecule has 2 aromatic carbocycles. The van der Waals surface area contributed by atoms with Crippen molar-refractivity contribution in [3.8, 4) is 5.75 Å². The molecule has 10 heteroatoms. The van der Waals surface area contributed by atoms with Crippen LogP contribution in [-0.4, -0.2) is 69.5 Å². The SMILES string of the molecule is CCC(C)C(N)C(=O)N1CCCC1C(=O)NC(Cc1ccc(O)cc1)C(=O)NC(Cc1ccccc1)C(=O)O. The molecule has 3 rings (SSSR count). The number of phenolic OH excluding ortho intramolecular Hbond substituents is 1. The molecule has 0 bridgehead atoms. The lowest BCUT2D eigenvalue weighted by molar-refractivity contribution is -0.143. The van der Waals surface area contributed by atoms with E-state index in [2.05, 4.69) is 10.6 Å². The van der Waals surface area contributed by atoms with Crippen molar-refractivity contribution in [3.05, 3.63) is 65.7 Å². The number of rotatable bonds is 12. The van der Waals surface area contributed by atoms with Crippen LogP contribution in [0, 0.1) is 5.92 Å². The fraction of sp³-hybridized carbons (Fsp3) is 0.448. The maximum Gasteiger partial charge on any atom is 0.326 e. The monoisotopic (exact) mass is 538 g/mol. The standard InChI is InChI=1S/C29H38N4O6/c1-3-18(2)25(30)28(37)33-15-7-10-24(33)27(36)31-22(16-20-11-13-21(34)14-12-20)26(35)32-23(29(38)39)17-19-8-5-4-6-9-19/h4-6,8-9,11-14,18,22-25,34H,3,7,10,15-17,30H2,1-2H3,(H,31,36)(H,32,35)(H,38,39). The van der Waals surface area contributed by atoms with Crippen molar-refractivity contribution in [2.75, 3.05) is 6.54 Å². The maximum atomic E-state index is 13.4. The highest BCUT2D eigenvalue weighted by molar-refractivity contribution is 5.94. The van der Waals surface area contributed by atoms with Gasteiger partial charge in [-0.15, -0.1) is 0 Å². The molecule has 1 heterocycles. The van der Waals surface area contributed by atoms with E-state index in [1.165, 1.54) is 17.0 Å². The van der Waals surface area contributed by atoms with Gasteiger partial charge < -0.3 is 31.5 Å². The Hall–Kier alpha value is -3.92. The van der Waals surface area contributed by atoms with E-state index >= 15 is 0 Å². The van der Waals surface area contributed by atoms with Crippen LogP contribution in [0.4, 0.5) is 0 Å². The molecule has 10 nitrogen and oxygen atoms in total. The number of carbonyl (C=O) groups is 4. The first-order chi connectivity index (χ1) is 18.6. The number of nitrogens with zero attached hydrogens (tertiary/aromatic N) is 1. The van der Waals surface area contributed by atoms with Gasteiger partial charge in [0, 0.05) is 19.4 Å². The zero-order valence-electron chi connectivity index (χ0n) is 22.4. The van der Waals surface area contributed by atoms with Crippen molar-refractivity contribution < 1.29 is 29.4 Å². The fourth-order valence-electron chi connectivity index (χ4n) is 4.66. The van der Waals surface area contributed by atoms with Crippen molar-refractivity contribution in [2.24, 2.45) is 11.7 Å². The van der Waals surface area contributed by atoms with Crippen LogP contribution in [0.5, 0.6) is 5.75 Å². The van der Waals surface area contributed by atoms with Crippen LogP contribution in [0.2, 0.25) is 0 Å². The van der Waals surface area contributed by atoms with E-state index in [4.69, 9.17) is 5.73 Å². The lowest BCUT2D eigenvalue weighted by atomic mass is 9.98. The molecule has 0 spiro atoms. The molecular weight excluding hydrogens is 500 g/mol. The van der Waals surface area contributed by atoms with Gasteiger partial charge in [-0.3, -0.25) is 14.4 Å². The second-order valence-electron chi connectivity index (χ2n) is 10.1. The van der Waals surface area contributed by atoms with Gasteiger partial charge in [0.1, 0.15) is 23.9 Å². The van der Waals surface area contributed by atoms with Crippen LogP contribution in [0.25, 0.3) is 0 Å². The first-order valence-corrected chi connectivity index (χ1v) is 13.3. The molecule has 1 fully saturated rings. The number of carbonyl (C=O) groups excluding carboxylic acids is 3. The lowest BCUT2D eigenvalue weighted by Gasteiger charge is -2.30. The first-order valence-electron chi connectivity index (χ1n) is 13.3. The molecule has 5 atom stereocenters. The van der Waals surface area contributed by atoms with E-state index in [9.17, 15) is 29.4 Å². The Kier molecular flexibility index (Phi) is 10.4. The second kappa shape index (κ2) is 13.7. The van der Waals surface area contributed by atoms with Crippen LogP contribution >= 0.6 is 0 Å². The minimum absolute atomic E-state index is 0.0487. The van der Waals surface area contributed by atoms with Gasteiger partial charge in [-0.2, -0.15) is 0 Å². The third kappa shape index (κ3) is 8.03. The summed E-state index contributed by atoms with van der Waals surface area (Å²) < 4.78 is 0. The van der Waals surface area contributed by atoms with Gasteiger partial charge in [-0.1, -0.05) is 62.7 Å². The van der Waals surface area contributed by atoms with E-state index < -0.39 is 42.0 Å². The number of carboxylic acid groups (broad SMARTS) is 1. The van der Waals surface area contributed by atoms with E-state index in [1.54, 1.807) is 36.4 Å². The highest BCUT2D eigenvalue weighted by Crippen LogP contribution is 2.21. The van der Waals surface area contributed by atoms with Crippen molar-refractivity contribution >= 4 is 23.7 Å². The minimum atomic E-state index is -1.21. The van der Waals surface area contributed by atoms with Crippen molar-refractivity contribution in [1.29, 1.82) is 0 Å². The summed E-state index contributed by atoms with van der Waals surface area (Å²) in [5, 5.41) is 24.7. The average Bonchev–Trinajstić information content (AvgIpc) is 3.43. The van der Waals surface area contributed by atoms with E-state index in [0.29, 0.717) is 24.9 Å². The third-order valence-electron chi connectivity index (χ3n) is 7.29. The number of amides is 3. The number of aliphatic carboxylic acids is 1. The highest BCUT2D eigenvalue weighted by atomic mass is 16.4. The Morgan fingerprint density at radius 3 is 2.21 bits per heavy atom. The number of carboxylic acids is 1. The van der Waals surface area contributed by atoms with Gasteiger partial charge in [-0.05, 0) is 42.0 Å². The van der Waals surface area contributed by atoms with E-state index in [0.717, 1.165) is 12.0 Å². The smallest absolute Gasteiger partial charge is 0.326 e. The first kappa shape index (κ1) is 29.6. The van der Waals surface area contributed by atoms with Gasteiger partial charge in [0.2, 0.25) is 17.7 Å². The molecule has 0 aliphatic carbocycles. The molecule has 1 aliphatic rings. The van der Waals surface area contributed by atoms with Crippen LogP contribution in [0.3, 0.4) is 0 Å². The number of nitrogens with one attached hydrogen (secondary N) is 2. The quantitative estimate of drug-likeness (QED) is 0.274. The lowest BCUT2D eigenvalue weighted by Crippen LogP contribution is -2.57. The van der Waals surface area contributed by atoms with Crippen LogP contribution in [0.15, 0.2) is 54.6 Å². The normalized spacial score (nSPS) is 18.0. The van der Waals surface area contributed by atoms with Crippen molar-refractivity contribution in [2.45, 2.75) is 70.1 Å². The third-order valence-corrected chi connectivity index (χ3v) is 7.29. The summed E-state index contributed by atoms with van der Waals surface area (Å²) in [6, 6.07) is 11.3. The van der Waals surface area contributed by atoms with Gasteiger partial charge >= 0.3 is 5.97 Å². The molecule has 0 radical (unpaired) electrons. The summed E-state index contributed by atoms with van der Waals surface area (Å²) in [5.41, 5.74) is 7.55. The number of phenols is 1. The van der Waals surface area contributed by atoms with E-state index in [-0.39, 0.29) is 30.4 Å². The second-order valence-corrected chi connectivity index (χ2v) is 10.1. The predicted molar refractivity (Wildman–Crippen MR) is 146 cm³/mol. The molecule has 2 aromatic rings. The molecule has 1 saturated heterocycles. The Bertz CT molecular complexity index is 1140. The summed E-state index contributed by atoms with van der Waals surface area (Å²) in [6.07, 6.45) is 1.91. The molecule has 3 amide bonds. The summed E-state index contributed by atoms with van der Waals surface area (Å²) >= 11 is 0. The minimum Gasteiger partial charge on any atom is -0.508 e. The van der Waals surface area contributed by atoms with Gasteiger partial charge in [0.15, 0.2) is 0 Å². The largest absolute Gasteiger partial charge is 0.508 e. The van der Waals surface area contributed by atoms with Crippen molar-refractivity contribution in [1.82, 2.24) is 15.5 Å². The topological polar surface area (TPSA) is 162 Å². The maximum absolute atomic E-state index is 13.4.